The Balaban J connectivity index is 2.06. The van der Waals surface area contributed by atoms with Crippen LogP contribution in [0.25, 0.3) is 10.8 Å². The van der Waals surface area contributed by atoms with Crippen LogP contribution >= 0.6 is 0 Å². The molecule has 2 nitrogen and oxygen atoms in total. The van der Waals surface area contributed by atoms with Crippen LogP contribution in [0.15, 0.2) is 72.8 Å². The van der Waals surface area contributed by atoms with Crippen molar-refractivity contribution in [1.82, 2.24) is 0 Å². The second-order valence-corrected chi connectivity index (χ2v) is 6.10. The van der Waals surface area contributed by atoms with Crippen molar-refractivity contribution in [1.29, 1.82) is 0 Å². The third-order valence-corrected chi connectivity index (χ3v) is 4.55. The quantitative estimate of drug-likeness (QED) is 0.682. The fraction of sp³-hybridized carbons (Fsp3) is 0.111. The monoisotopic (exact) mass is 295 g/mol. The van der Waals surface area contributed by atoms with Crippen molar-refractivity contribution in [3.05, 3.63) is 83.9 Å². The molecule has 0 heterocycles. The third kappa shape index (κ3) is 3.04. The van der Waals surface area contributed by atoms with Crippen LogP contribution in [0.3, 0.4) is 0 Å². The van der Waals surface area contributed by atoms with Crippen molar-refractivity contribution in [2.45, 2.75) is 11.7 Å². The topological polar surface area (TPSA) is 40.1 Å². The molecule has 2 atom stereocenters. The van der Waals surface area contributed by atoms with Crippen LogP contribution in [-0.4, -0.2) is 8.76 Å². The van der Waals surface area contributed by atoms with Crippen LogP contribution in [0.5, 0.6) is 0 Å². The van der Waals surface area contributed by atoms with Gasteiger partial charge in [-0.3, -0.25) is 4.21 Å². The lowest BCUT2D eigenvalue weighted by Gasteiger charge is -2.22. The standard InChI is InChI=1S/C18H16O2S/c19-21(20)18(13-14-7-2-1-3-8-14)17-12-6-10-15-9-4-5-11-16(15)17/h1-12,18H,13H2,(H,19,20)/p-1. The summed E-state index contributed by atoms with van der Waals surface area (Å²) in [6.07, 6.45) is 0.491. The molecule has 0 N–H and O–H groups in total. The Morgan fingerprint density at radius 2 is 1.52 bits per heavy atom. The van der Waals surface area contributed by atoms with E-state index in [4.69, 9.17) is 0 Å². The Bertz CT molecular complexity index is 763. The summed E-state index contributed by atoms with van der Waals surface area (Å²) in [6.45, 7) is 0. The molecule has 0 amide bonds. The Morgan fingerprint density at radius 3 is 2.29 bits per heavy atom. The molecule has 0 radical (unpaired) electrons. The van der Waals surface area contributed by atoms with Gasteiger partial charge in [-0.05, 0) is 39.4 Å². The van der Waals surface area contributed by atoms with Gasteiger partial charge in [-0.1, -0.05) is 72.8 Å². The fourth-order valence-corrected chi connectivity index (χ4v) is 3.38. The lowest BCUT2D eigenvalue weighted by Crippen LogP contribution is -2.10. The smallest absolute Gasteiger partial charge is 0.0511 e. The maximum absolute atomic E-state index is 11.7. The van der Waals surface area contributed by atoms with Gasteiger partial charge in [0.1, 0.15) is 0 Å². The van der Waals surface area contributed by atoms with Crippen LogP contribution in [0.1, 0.15) is 16.4 Å². The summed E-state index contributed by atoms with van der Waals surface area (Å²) in [7, 11) is 0. The minimum Gasteiger partial charge on any atom is -0.772 e. The van der Waals surface area contributed by atoms with Crippen molar-refractivity contribution in [2.24, 2.45) is 0 Å². The van der Waals surface area contributed by atoms with Crippen LogP contribution in [0.4, 0.5) is 0 Å². The first-order valence-corrected chi connectivity index (χ1v) is 7.99. The lowest BCUT2D eigenvalue weighted by atomic mass is 9.98. The predicted octanol–water partition coefficient (Wildman–Crippen LogP) is 4.00. The molecule has 0 fully saturated rings. The van der Waals surface area contributed by atoms with E-state index in [1.165, 1.54) is 0 Å². The van der Waals surface area contributed by atoms with Crippen molar-refractivity contribution < 1.29 is 8.76 Å². The van der Waals surface area contributed by atoms with E-state index in [2.05, 4.69) is 0 Å². The largest absolute Gasteiger partial charge is 0.772 e. The average Bonchev–Trinajstić information content (AvgIpc) is 2.53. The third-order valence-electron chi connectivity index (χ3n) is 3.67. The van der Waals surface area contributed by atoms with Gasteiger partial charge < -0.3 is 4.55 Å². The second-order valence-electron chi connectivity index (χ2n) is 5.01. The van der Waals surface area contributed by atoms with Crippen molar-refractivity contribution in [3.63, 3.8) is 0 Å². The normalized spacial score (nSPS) is 14.0. The summed E-state index contributed by atoms with van der Waals surface area (Å²) in [5, 5.41) is 1.54. The van der Waals surface area contributed by atoms with Gasteiger partial charge in [0.05, 0.1) is 5.25 Å². The predicted molar refractivity (Wildman–Crippen MR) is 85.8 cm³/mol. The van der Waals surface area contributed by atoms with Crippen LogP contribution in [-0.2, 0) is 17.5 Å². The molecule has 106 valence electrons. The van der Waals surface area contributed by atoms with Gasteiger partial charge in [0, 0.05) is 0 Å². The molecule has 0 saturated heterocycles. The minimum atomic E-state index is -2.16. The zero-order valence-electron chi connectivity index (χ0n) is 11.4. The Labute approximate surface area is 126 Å². The number of hydrogen-bond donors (Lipinski definition) is 0. The van der Waals surface area contributed by atoms with Gasteiger partial charge in [-0.15, -0.1) is 0 Å². The summed E-state index contributed by atoms with van der Waals surface area (Å²) in [5.74, 6) is 0. The molecule has 0 spiro atoms. The Morgan fingerprint density at radius 1 is 0.857 bits per heavy atom. The van der Waals surface area contributed by atoms with Gasteiger partial charge in [0.15, 0.2) is 0 Å². The summed E-state index contributed by atoms with van der Waals surface area (Å²) in [6, 6.07) is 23.5. The first-order valence-electron chi connectivity index (χ1n) is 6.85. The molecule has 3 aromatic carbocycles. The summed E-state index contributed by atoms with van der Waals surface area (Å²) < 4.78 is 23.5. The molecule has 0 aliphatic heterocycles. The van der Waals surface area contributed by atoms with Gasteiger partial charge in [0.25, 0.3) is 0 Å². The highest BCUT2D eigenvalue weighted by Gasteiger charge is 2.15. The number of benzene rings is 3. The maximum atomic E-state index is 11.7. The summed E-state index contributed by atoms with van der Waals surface area (Å²) >= 11 is -2.16. The zero-order valence-corrected chi connectivity index (χ0v) is 12.3. The van der Waals surface area contributed by atoms with Crippen LogP contribution in [0, 0.1) is 0 Å². The highest BCUT2D eigenvalue weighted by atomic mass is 32.2. The van der Waals surface area contributed by atoms with Gasteiger partial charge >= 0.3 is 0 Å². The van der Waals surface area contributed by atoms with Crippen molar-refractivity contribution in [2.75, 3.05) is 0 Å². The van der Waals surface area contributed by atoms with Gasteiger partial charge in [-0.2, -0.15) is 0 Å². The van der Waals surface area contributed by atoms with Crippen LogP contribution < -0.4 is 0 Å². The zero-order chi connectivity index (χ0) is 14.7. The van der Waals surface area contributed by atoms with Gasteiger partial charge in [0.2, 0.25) is 0 Å². The lowest BCUT2D eigenvalue weighted by molar-refractivity contribution is 0.523. The number of fused-ring (bicyclic) bond motifs is 1. The number of hydrogen-bond acceptors (Lipinski definition) is 2. The Hall–Kier alpha value is -1.97. The molecule has 0 bridgehead atoms. The van der Waals surface area contributed by atoms with Gasteiger partial charge in [-0.25, -0.2) is 0 Å². The van der Waals surface area contributed by atoms with E-state index in [1.54, 1.807) is 0 Å². The van der Waals surface area contributed by atoms with E-state index in [9.17, 15) is 8.76 Å². The first kappa shape index (κ1) is 14.0. The maximum Gasteiger partial charge on any atom is 0.0511 e. The minimum absolute atomic E-state index is 0.491. The molecule has 0 aliphatic rings. The molecule has 3 heteroatoms. The number of rotatable bonds is 4. The first-order chi connectivity index (χ1) is 10.3. The van der Waals surface area contributed by atoms with E-state index in [-0.39, 0.29) is 0 Å². The summed E-state index contributed by atoms with van der Waals surface area (Å²) in [5.41, 5.74) is 1.89. The molecular weight excluding hydrogens is 280 g/mol. The van der Waals surface area contributed by atoms with E-state index in [0.717, 1.165) is 21.9 Å². The molecule has 2 unspecified atom stereocenters. The van der Waals surface area contributed by atoms with E-state index in [1.807, 2.05) is 72.8 Å². The van der Waals surface area contributed by atoms with E-state index in [0.29, 0.717) is 6.42 Å². The van der Waals surface area contributed by atoms with E-state index >= 15 is 0 Å². The fourth-order valence-electron chi connectivity index (χ4n) is 2.64. The summed E-state index contributed by atoms with van der Waals surface area (Å²) in [4.78, 5) is 0. The molecule has 0 saturated carbocycles. The molecule has 0 aliphatic carbocycles. The second kappa shape index (κ2) is 6.20. The SMILES string of the molecule is O=S([O-])C(Cc1ccccc1)c1cccc2ccccc12. The molecule has 21 heavy (non-hydrogen) atoms. The van der Waals surface area contributed by atoms with Crippen molar-refractivity contribution in [3.8, 4) is 0 Å². The molecule has 3 aromatic rings. The molecule has 0 aromatic heterocycles. The highest BCUT2D eigenvalue weighted by molar-refractivity contribution is 7.79. The highest BCUT2D eigenvalue weighted by Crippen LogP contribution is 2.30. The molecular formula is C18H15O2S-. The van der Waals surface area contributed by atoms with E-state index < -0.39 is 16.3 Å². The van der Waals surface area contributed by atoms with Crippen molar-refractivity contribution >= 4 is 21.9 Å². The van der Waals surface area contributed by atoms with Crippen LogP contribution in [0.2, 0.25) is 0 Å². The molecule has 3 rings (SSSR count). The Kier molecular flexibility index (Phi) is 4.13. The average molecular weight is 295 g/mol.